The molecule has 1 aliphatic heterocycles. The minimum atomic E-state index is -3.74. The number of carbonyl (C=O) groups excluding carboxylic acids is 1. The summed E-state index contributed by atoms with van der Waals surface area (Å²) in [4.78, 5) is 14.0. The topological polar surface area (TPSA) is 78.9 Å². The molecule has 0 amide bonds. The van der Waals surface area contributed by atoms with Gasteiger partial charge in [-0.2, -0.15) is 17.4 Å². The minimum absolute atomic E-state index is 0.199. The van der Waals surface area contributed by atoms with Crippen LogP contribution in [0.2, 0.25) is 0 Å². The Hall–Kier alpha value is -0.910. The molecule has 25 heavy (non-hydrogen) atoms. The van der Waals surface area contributed by atoms with E-state index in [1.165, 1.54) is 11.4 Å². The van der Waals surface area contributed by atoms with Gasteiger partial charge in [-0.25, -0.2) is 0 Å². The molecule has 0 bridgehead atoms. The Morgan fingerprint density at radius 3 is 2.20 bits per heavy atom. The Morgan fingerprint density at radius 2 is 1.72 bits per heavy atom. The Bertz CT molecular complexity index is 686. The van der Waals surface area contributed by atoms with Gasteiger partial charge < -0.3 is 9.64 Å². The number of ether oxygens (including phenoxy) is 1. The summed E-state index contributed by atoms with van der Waals surface area (Å²) in [6.45, 7) is 5.50. The van der Waals surface area contributed by atoms with Crippen molar-refractivity contribution >= 4 is 44.5 Å². The van der Waals surface area contributed by atoms with Gasteiger partial charge >= 0.3 is 5.97 Å². The van der Waals surface area contributed by atoms with Crippen LogP contribution in [0, 0.1) is 9.49 Å². The van der Waals surface area contributed by atoms with Crippen molar-refractivity contribution in [1.82, 2.24) is 9.03 Å². The van der Waals surface area contributed by atoms with Gasteiger partial charge in [0.25, 0.3) is 10.2 Å². The molecular weight excluding hydrogens is 457 g/mol. The number of benzene rings is 1. The summed E-state index contributed by atoms with van der Waals surface area (Å²) in [6, 6.07) is 7.25. The Kier molecular flexibility index (Phi) is 7.06. The van der Waals surface area contributed by atoms with E-state index >= 15 is 0 Å². The normalized spacial score (nSPS) is 17.6. The molecule has 1 fully saturated rings. The van der Waals surface area contributed by atoms with Crippen molar-refractivity contribution in [3.63, 3.8) is 0 Å². The lowest BCUT2D eigenvalue weighted by Crippen LogP contribution is -2.56. The van der Waals surface area contributed by atoms with Crippen molar-refractivity contribution in [1.29, 1.82) is 0 Å². The Morgan fingerprint density at radius 1 is 1.16 bits per heavy atom. The molecular formula is C16H24IN3O4S. The second-order valence-corrected chi connectivity index (χ2v) is 9.18. The number of piperazine rings is 1. The summed E-state index contributed by atoms with van der Waals surface area (Å²) in [5, 5.41) is 0. The zero-order chi connectivity index (χ0) is 18.6. The third kappa shape index (κ3) is 5.28. The van der Waals surface area contributed by atoms with Gasteiger partial charge in [0.2, 0.25) is 0 Å². The Labute approximate surface area is 163 Å². The third-order valence-corrected chi connectivity index (χ3v) is 6.48. The van der Waals surface area contributed by atoms with Crippen LogP contribution >= 0.6 is 22.6 Å². The first kappa shape index (κ1) is 20.4. The van der Waals surface area contributed by atoms with E-state index in [9.17, 15) is 13.2 Å². The molecule has 1 aromatic rings. The molecule has 1 aliphatic rings. The first-order valence-corrected chi connectivity index (χ1v) is 10.6. The van der Waals surface area contributed by atoms with Crippen LogP contribution < -0.4 is 9.62 Å². The number of methoxy groups -OCH3 is 1. The molecule has 1 heterocycles. The summed E-state index contributed by atoms with van der Waals surface area (Å²) in [5.41, 5.74) is 1.08. The molecule has 0 saturated carbocycles. The van der Waals surface area contributed by atoms with Crippen molar-refractivity contribution in [2.45, 2.75) is 19.9 Å². The maximum Gasteiger partial charge on any atom is 0.324 e. The predicted molar refractivity (Wildman–Crippen MR) is 106 cm³/mol. The molecule has 0 radical (unpaired) electrons. The summed E-state index contributed by atoms with van der Waals surface area (Å²) in [6.07, 6.45) is 0. The minimum Gasteiger partial charge on any atom is -0.468 e. The van der Waals surface area contributed by atoms with Crippen molar-refractivity contribution in [2.75, 3.05) is 38.2 Å². The number of carbonyl (C=O) groups is 1. The van der Waals surface area contributed by atoms with Gasteiger partial charge in [-0.15, -0.1) is 0 Å². The standard InChI is InChI=1S/C16H24IN3O4S/c1-12(2)15(16(21)24-3)18-25(22,23)20-10-8-19(9-11-20)14-6-4-13(17)5-7-14/h4-7,12,15,18H,8-11H2,1-3H3. The highest BCUT2D eigenvalue weighted by Gasteiger charge is 2.33. The van der Waals surface area contributed by atoms with Crippen molar-refractivity contribution in [2.24, 2.45) is 5.92 Å². The first-order chi connectivity index (χ1) is 11.7. The number of rotatable bonds is 6. The quantitative estimate of drug-likeness (QED) is 0.492. The van der Waals surface area contributed by atoms with E-state index in [1.807, 2.05) is 24.3 Å². The van der Waals surface area contributed by atoms with Crippen molar-refractivity contribution < 1.29 is 17.9 Å². The van der Waals surface area contributed by atoms with Crippen LogP contribution in [0.3, 0.4) is 0 Å². The third-order valence-electron chi connectivity index (χ3n) is 4.17. The maximum atomic E-state index is 12.6. The van der Waals surface area contributed by atoms with Gasteiger partial charge in [-0.1, -0.05) is 13.8 Å². The summed E-state index contributed by atoms with van der Waals surface area (Å²) < 4.78 is 34.9. The largest absolute Gasteiger partial charge is 0.468 e. The lowest BCUT2D eigenvalue weighted by molar-refractivity contribution is -0.143. The van der Waals surface area contributed by atoms with Gasteiger partial charge in [-0.3, -0.25) is 4.79 Å². The second-order valence-electron chi connectivity index (χ2n) is 6.23. The first-order valence-electron chi connectivity index (χ1n) is 8.10. The summed E-state index contributed by atoms with van der Waals surface area (Å²) in [7, 11) is -2.48. The van der Waals surface area contributed by atoms with E-state index in [4.69, 9.17) is 4.74 Å². The number of nitrogens with zero attached hydrogens (tertiary/aromatic N) is 2. The highest BCUT2D eigenvalue weighted by molar-refractivity contribution is 14.1. The van der Waals surface area contributed by atoms with E-state index in [0.717, 1.165) is 9.26 Å². The van der Waals surface area contributed by atoms with E-state index in [0.29, 0.717) is 26.2 Å². The van der Waals surface area contributed by atoms with Gasteiger partial charge in [0, 0.05) is 35.4 Å². The molecule has 2 rings (SSSR count). The van der Waals surface area contributed by atoms with Crippen LogP contribution in [-0.2, 0) is 19.7 Å². The highest BCUT2D eigenvalue weighted by Crippen LogP contribution is 2.19. The van der Waals surface area contributed by atoms with E-state index in [2.05, 4.69) is 32.2 Å². The number of esters is 1. The van der Waals surface area contributed by atoms with Crippen LogP contribution in [0.1, 0.15) is 13.8 Å². The lowest BCUT2D eigenvalue weighted by atomic mass is 10.1. The average Bonchev–Trinajstić information content (AvgIpc) is 2.59. The van der Waals surface area contributed by atoms with Crippen LogP contribution in [-0.4, -0.2) is 58.0 Å². The van der Waals surface area contributed by atoms with Gasteiger partial charge in [0.05, 0.1) is 7.11 Å². The molecule has 0 spiro atoms. The molecule has 1 aromatic carbocycles. The maximum absolute atomic E-state index is 12.6. The Balaban J connectivity index is 2.00. The number of nitrogens with one attached hydrogen (secondary N) is 1. The van der Waals surface area contributed by atoms with E-state index in [1.54, 1.807) is 13.8 Å². The second kappa shape index (κ2) is 8.65. The van der Waals surface area contributed by atoms with Crippen LogP contribution in [0.25, 0.3) is 0 Å². The fourth-order valence-electron chi connectivity index (χ4n) is 2.66. The molecule has 1 atom stereocenters. The lowest BCUT2D eigenvalue weighted by Gasteiger charge is -2.36. The van der Waals surface area contributed by atoms with Gasteiger partial charge in [0.1, 0.15) is 6.04 Å². The summed E-state index contributed by atoms with van der Waals surface area (Å²) in [5.74, 6) is -0.772. The zero-order valence-corrected chi connectivity index (χ0v) is 17.6. The van der Waals surface area contributed by atoms with Crippen molar-refractivity contribution in [3.8, 4) is 0 Å². The van der Waals surface area contributed by atoms with Gasteiger partial charge in [-0.05, 0) is 52.8 Å². The van der Waals surface area contributed by atoms with Crippen LogP contribution in [0.5, 0.6) is 0 Å². The SMILES string of the molecule is COC(=O)C(NS(=O)(=O)N1CCN(c2ccc(I)cc2)CC1)C(C)C. The molecule has 1 saturated heterocycles. The van der Waals surface area contributed by atoms with Crippen LogP contribution in [0.15, 0.2) is 24.3 Å². The fourth-order valence-corrected chi connectivity index (χ4v) is 4.50. The molecule has 0 aliphatic carbocycles. The van der Waals surface area contributed by atoms with Crippen molar-refractivity contribution in [3.05, 3.63) is 27.8 Å². The highest BCUT2D eigenvalue weighted by atomic mass is 127. The van der Waals surface area contributed by atoms with E-state index < -0.39 is 22.2 Å². The number of halogens is 1. The molecule has 1 N–H and O–H groups in total. The molecule has 9 heteroatoms. The number of anilines is 1. The molecule has 0 aromatic heterocycles. The molecule has 140 valence electrons. The average molecular weight is 481 g/mol. The fraction of sp³-hybridized carbons (Fsp3) is 0.562. The number of hydrogen-bond donors (Lipinski definition) is 1. The van der Waals surface area contributed by atoms with Gasteiger partial charge in [0.15, 0.2) is 0 Å². The van der Waals surface area contributed by atoms with Crippen LogP contribution in [0.4, 0.5) is 5.69 Å². The zero-order valence-electron chi connectivity index (χ0n) is 14.6. The predicted octanol–water partition coefficient (Wildman–Crippen LogP) is 1.45. The smallest absolute Gasteiger partial charge is 0.324 e. The number of hydrogen-bond acceptors (Lipinski definition) is 5. The monoisotopic (exact) mass is 481 g/mol. The molecule has 7 nitrogen and oxygen atoms in total. The summed E-state index contributed by atoms with van der Waals surface area (Å²) >= 11 is 2.25. The molecule has 1 unspecified atom stereocenters. The van der Waals surface area contributed by atoms with E-state index in [-0.39, 0.29) is 5.92 Å².